The summed E-state index contributed by atoms with van der Waals surface area (Å²) in [6, 6.07) is 16.6. The Bertz CT molecular complexity index is 1200. The van der Waals surface area contributed by atoms with Crippen LogP contribution in [0.1, 0.15) is 30.9 Å². The van der Waals surface area contributed by atoms with Crippen molar-refractivity contribution in [1.82, 2.24) is 5.32 Å². The number of amides is 2. The quantitative estimate of drug-likeness (QED) is 0.518. The third-order valence-electron chi connectivity index (χ3n) is 6.23. The zero-order chi connectivity index (χ0) is 23.5. The van der Waals surface area contributed by atoms with Gasteiger partial charge in [0.2, 0.25) is 11.8 Å². The number of hydrogen-bond donors (Lipinski definition) is 2. The van der Waals surface area contributed by atoms with Crippen molar-refractivity contribution in [2.24, 2.45) is 5.73 Å². The first-order valence-electron chi connectivity index (χ1n) is 11.1. The third kappa shape index (κ3) is 4.75. The van der Waals surface area contributed by atoms with Gasteiger partial charge in [-0.3, -0.25) is 9.59 Å². The Hall–Kier alpha value is -2.90. The van der Waals surface area contributed by atoms with Gasteiger partial charge in [0.15, 0.2) is 0 Å². The number of fused-ring (bicyclic) bond motifs is 2. The zero-order valence-corrected chi connectivity index (χ0v) is 20.4. The number of halogens is 1. The molecule has 6 nitrogen and oxygen atoms in total. The van der Waals surface area contributed by atoms with E-state index in [4.69, 9.17) is 10.5 Å². The highest BCUT2D eigenvalue weighted by Crippen LogP contribution is 2.35. The highest BCUT2D eigenvalue weighted by molar-refractivity contribution is 9.10. The topological polar surface area (TPSA) is 84.7 Å². The van der Waals surface area contributed by atoms with Gasteiger partial charge in [0.05, 0.1) is 19.7 Å². The minimum Gasteiger partial charge on any atom is -0.496 e. The molecule has 0 saturated carbocycles. The van der Waals surface area contributed by atoms with Crippen LogP contribution in [0.15, 0.2) is 59.1 Å². The second-order valence-corrected chi connectivity index (χ2v) is 9.20. The van der Waals surface area contributed by atoms with Crippen LogP contribution in [0.2, 0.25) is 0 Å². The van der Waals surface area contributed by atoms with Crippen LogP contribution >= 0.6 is 15.9 Å². The standard InChI is InChI=1S/C26H28BrN3O3/c1-3-21(28)25(31)29-22-12-8-16-6-4-5-7-23(16)30(26(22)32)15-20-19-11-10-18(27)14-17(19)9-13-24(20)33-2/h4-7,9-11,13-14,21-22H,3,8,12,15,28H2,1-2H3,(H,29,31)/t21-,22-/m0/s1. The summed E-state index contributed by atoms with van der Waals surface area (Å²) in [5, 5.41) is 4.96. The van der Waals surface area contributed by atoms with Gasteiger partial charge < -0.3 is 20.7 Å². The number of nitrogens with one attached hydrogen (secondary N) is 1. The maximum Gasteiger partial charge on any atom is 0.249 e. The molecule has 0 fully saturated rings. The van der Waals surface area contributed by atoms with E-state index in [1.165, 1.54) is 0 Å². The smallest absolute Gasteiger partial charge is 0.249 e. The average molecular weight is 510 g/mol. The molecule has 0 bridgehead atoms. The van der Waals surface area contributed by atoms with E-state index in [9.17, 15) is 9.59 Å². The second kappa shape index (κ2) is 9.93. The minimum absolute atomic E-state index is 0.146. The van der Waals surface area contributed by atoms with Crippen LogP contribution in [-0.4, -0.2) is 31.0 Å². The molecule has 0 unspecified atom stereocenters. The fraction of sp³-hybridized carbons (Fsp3) is 0.308. The van der Waals surface area contributed by atoms with Gasteiger partial charge in [-0.05, 0) is 59.9 Å². The number of nitrogens with two attached hydrogens (primary N) is 1. The van der Waals surface area contributed by atoms with Crippen LogP contribution in [0.25, 0.3) is 10.8 Å². The van der Waals surface area contributed by atoms with Gasteiger partial charge in [-0.1, -0.05) is 53.2 Å². The fourth-order valence-electron chi connectivity index (χ4n) is 4.33. The van der Waals surface area contributed by atoms with Crippen molar-refractivity contribution in [1.29, 1.82) is 0 Å². The van der Waals surface area contributed by atoms with Gasteiger partial charge in [-0.25, -0.2) is 0 Å². The normalized spacial score (nSPS) is 16.8. The Kier molecular flexibility index (Phi) is 7.00. The molecule has 2 atom stereocenters. The van der Waals surface area contributed by atoms with E-state index < -0.39 is 12.1 Å². The van der Waals surface area contributed by atoms with Crippen molar-refractivity contribution in [3.63, 3.8) is 0 Å². The molecule has 33 heavy (non-hydrogen) atoms. The molecule has 3 N–H and O–H groups in total. The average Bonchev–Trinajstić information content (AvgIpc) is 2.95. The molecule has 3 aromatic carbocycles. The number of ether oxygens (including phenoxy) is 1. The van der Waals surface area contributed by atoms with Gasteiger partial charge in [0.25, 0.3) is 0 Å². The summed E-state index contributed by atoms with van der Waals surface area (Å²) in [4.78, 5) is 28.1. The molecule has 0 spiro atoms. The zero-order valence-electron chi connectivity index (χ0n) is 18.8. The first-order chi connectivity index (χ1) is 15.9. The van der Waals surface area contributed by atoms with E-state index >= 15 is 0 Å². The first-order valence-corrected chi connectivity index (χ1v) is 11.9. The van der Waals surface area contributed by atoms with E-state index in [0.29, 0.717) is 31.6 Å². The Morgan fingerprint density at radius 2 is 2.03 bits per heavy atom. The lowest BCUT2D eigenvalue weighted by atomic mass is 10.0. The van der Waals surface area contributed by atoms with Crippen LogP contribution in [0.4, 0.5) is 5.69 Å². The molecule has 0 aliphatic carbocycles. The van der Waals surface area contributed by atoms with Crippen molar-refractivity contribution >= 4 is 44.2 Å². The van der Waals surface area contributed by atoms with Crippen LogP contribution < -0.4 is 20.7 Å². The first kappa shape index (κ1) is 23.3. The SMILES string of the molecule is CC[C@H](N)C(=O)N[C@H]1CCc2ccccc2N(Cc2c(OC)ccc3cc(Br)ccc23)C1=O. The second-order valence-electron chi connectivity index (χ2n) is 8.28. The summed E-state index contributed by atoms with van der Waals surface area (Å²) in [7, 11) is 1.64. The molecule has 4 rings (SSSR count). The number of hydrogen-bond acceptors (Lipinski definition) is 4. The molecule has 0 aromatic heterocycles. The maximum absolute atomic E-state index is 13.8. The molecule has 1 heterocycles. The minimum atomic E-state index is -0.641. The molecule has 0 saturated heterocycles. The number of para-hydroxylation sites is 1. The van der Waals surface area contributed by atoms with E-state index in [2.05, 4.69) is 21.2 Å². The Balaban J connectivity index is 1.77. The van der Waals surface area contributed by atoms with Crippen molar-refractivity contribution in [3.8, 4) is 5.75 Å². The number of methoxy groups -OCH3 is 1. The number of carbonyl (C=O) groups is 2. The van der Waals surface area contributed by atoms with Crippen LogP contribution in [0.3, 0.4) is 0 Å². The Morgan fingerprint density at radius 1 is 1.24 bits per heavy atom. The summed E-state index contributed by atoms with van der Waals surface area (Å²) in [6.45, 7) is 2.18. The number of nitrogens with zero attached hydrogens (tertiary/aromatic N) is 1. The van der Waals surface area contributed by atoms with Crippen molar-refractivity contribution in [2.75, 3.05) is 12.0 Å². The van der Waals surface area contributed by atoms with E-state index in [-0.39, 0.29) is 11.8 Å². The number of benzene rings is 3. The lowest BCUT2D eigenvalue weighted by Crippen LogP contribution is -2.52. The monoisotopic (exact) mass is 509 g/mol. The number of carbonyl (C=O) groups excluding carboxylic acids is 2. The summed E-state index contributed by atoms with van der Waals surface area (Å²) < 4.78 is 6.66. The largest absolute Gasteiger partial charge is 0.496 e. The molecular weight excluding hydrogens is 482 g/mol. The van der Waals surface area contributed by atoms with E-state index in [1.54, 1.807) is 12.0 Å². The molecule has 0 radical (unpaired) electrons. The van der Waals surface area contributed by atoms with E-state index in [1.807, 2.05) is 61.5 Å². The fourth-order valence-corrected chi connectivity index (χ4v) is 4.71. The lowest BCUT2D eigenvalue weighted by molar-refractivity contribution is -0.128. The highest BCUT2D eigenvalue weighted by atomic mass is 79.9. The summed E-state index contributed by atoms with van der Waals surface area (Å²) >= 11 is 3.53. The number of rotatable bonds is 6. The lowest BCUT2D eigenvalue weighted by Gasteiger charge is -2.28. The number of aryl methyl sites for hydroxylation is 1. The molecule has 1 aliphatic heterocycles. The molecule has 172 valence electrons. The van der Waals surface area contributed by atoms with Gasteiger partial charge in [-0.2, -0.15) is 0 Å². The predicted octanol–water partition coefficient (Wildman–Crippen LogP) is 4.31. The highest BCUT2D eigenvalue weighted by Gasteiger charge is 2.33. The van der Waals surface area contributed by atoms with Gasteiger partial charge >= 0.3 is 0 Å². The van der Waals surface area contributed by atoms with Crippen LogP contribution in [0, 0.1) is 0 Å². The Morgan fingerprint density at radius 3 is 2.79 bits per heavy atom. The summed E-state index contributed by atoms with van der Waals surface area (Å²) in [6.07, 6.45) is 1.72. The Labute approximate surface area is 202 Å². The predicted molar refractivity (Wildman–Crippen MR) is 134 cm³/mol. The van der Waals surface area contributed by atoms with E-state index in [0.717, 1.165) is 32.1 Å². The molecule has 2 amide bonds. The van der Waals surface area contributed by atoms with Crippen molar-refractivity contribution in [3.05, 3.63) is 70.2 Å². The molecule has 1 aliphatic rings. The molecule has 7 heteroatoms. The van der Waals surface area contributed by atoms with Gasteiger partial charge in [0.1, 0.15) is 11.8 Å². The summed E-state index contributed by atoms with van der Waals surface area (Å²) in [5.41, 5.74) is 8.77. The van der Waals surface area contributed by atoms with Crippen molar-refractivity contribution < 1.29 is 14.3 Å². The maximum atomic E-state index is 13.8. The van der Waals surface area contributed by atoms with Crippen molar-refractivity contribution in [2.45, 2.75) is 44.8 Å². The number of anilines is 1. The summed E-state index contributed by atoms with van der Waals surface area (Å²) in [5.74, 6) is 0.273. The third-order valence-corrected chi connectivity index (χ3v) is 6.72. The molecule has 3 aromatic rings. The van der Waals surface area contributed by atoms with Gasteiger partial charge in [-0.15, -0.1) is 0 Å². The van der Waals surface area contributed by atoms with Crippen LogP contribution in [0.5, 0.6) is 5.75 Å². The van der Waals surface area contributed by atoms with Crippen LogP contribution in [-0.2, 0) is 22.6 Å². The molecular formula is C26H28BrN3O3. The van der Waals surface area contributed by atoms with Gasteiger partial charge in [0, 0.05) is 15.7 Å².